The highest BCUT2D eigenvalue weighted by molar-refractivity contribution is 5.65. The van der Waals surface area contributed by atoms with Crippen LogP contribution in [0.1, 0.15) is 54.7 Å². The molecule has 1 saturated carbocycles. The van der Waals surface area contributed by atoms with Crippen molar-refractivity contribution in [2.45, 2.75) is 44.9 Å². The van der Waals surface area contributed by atoms with Gasteiger partial charge in [-0.3, -0.25) is 0 Å². The molecule has 1 aromatic carbocycles. The lowest BCUT2D eigenvalue weighted by atomic mass is 9.81. The minimum atomic E-state index is 0.699. The fourth-order valence-electron chi connectivity index (χ4n) is 2.72. The van der Waals surface area contributed by atoms with Crippen LogP contribution >= 0.6 is 0 Å². The van der Waals surface area contributed by atoms with Crippen molar-refractivity contribution in [3.8, 4) is 0 Å². The maximum absolute atomic E-state index is 5.90. The third kappa shape index (κ3) is 2.29. The number of aryl methyl sites for hydroxylation is 1. The predicted octanol–water partition coefficient (Wildman–Crippen LogP) is 3.97. The van der Waals surface area contributed by atoms with E-state index in [1.54, 1.807) is 0 Å². The summed E-state index contributed by atoms with van der Waals surface area (Å²) in [7, 11) is 0. The Kier molecular flexibility index (Phi) is 3.33. The second-order valence-electron chi connectivity index (χ2n) is 4.95. The number of hydrogen-bond acceptors (Lipinski definition) is 1. The lowest BCUT2D eigenvalue weighted by molar-refractivity contribution is 0.443. The molecule has 0 saturated heterocycles. The molecule has 0 radical (unpaired) electrons. The summed E-state index contributed by atoms with van der Waals surface area (Å²) in [6.07, 6.45) is 6.72. The van der Waals surface area contributed by atoms with E-state index in [0.717, 1.165) is 0 Å². The Morgan fingerprint density at radius 3 is 2.56 bits per heavy atom. The van der Waals surface area contributed by atoms with Gasteiger partial charge in [-0.15, -0.1) is 0 Å². The average Bonchev–Trinajstić information content (AvgIpc) is 2.30. The van der Waals surface area contributed by atoms with Gasteiger partial charge in [-0.25, -0.2) is 0 Å². The van der Waals surface area contributed by atoms with Crippen molar-refractivity contribution < 1.29 is 0 Å². The highest BCUT2D eigenvalue weighted by Crippen LogP contribution is 2.35. The predicted molar refractivity (Wildman–Crippen MR) is 70.2 cm³/mol. The van der Waals surface area contributed by atoms with Crippen LogP contribution in [0.2, 0.25) is 0 Å². The van der Waals surface area contributed by atoms with E-state index in [2.05, 4.69) is 31.7 Å². The van der Waals surface area contributed by atoms with E-state index in [4.69, 9.17) is 5.73 Å². The van der Waals surface area contributed by atoms with Crippen LogP contribution in [0.25, 0.3) is 5.70 Å². The lowest BCUT2D eigenvalue weighted by Crippen LogP contribution is -2.09. The number of rotatable bonds is 2. The molecular formula is C15H21N. The SMILES string of the molecule is C=C(N)c1cc(C)ccc1C1CCCCC1. The summed E-state index contributed by atoms with van der Waals surface area (Å²) in [5.74, 6) is 0.699. The van der Waals surface area contributed by atoms with Crippen molar-refractivity contribution >= 4 is 5.70 Å². The van der Waals surface area contributed by atoms with Crippen LogP contribution in [-0.4, -0.2) is 0 Å². The maximum atomic E-state index is 5.90. The molecule has 0 aliphatic heterocycles. The topological polar surface area (TPSA) is 26.0 Å². The van der Waals surface area contributed by atoms with Crippen molar-refractivity contribution in [3.63, 3.8) is 0 Å². The summed E-state index contributed by atoms with van der Waals surface area (Å²) >= 11 is 0. The van der Waals surface area contributed by atoms with Crippen LogP contribution in [0.15, 0.2) is 24.8 Å². The molecule has 0 unspecified atom stereocenters. The molecule has 2 N–H and O–H groups in total. The first-order valence-corrected chi connectivity index (χ1v) is 6.24. The van der Waals surface area contributed by atoms with E-state index in [0.29, 0.717) is 11.6 Å². The van der Waals surface area contributed by atoms with Gasteiger partial charge < -0.3 is 5.73 Å². The zero-order valence-electron chi connectivity index (χ0n) is 10.1. The highest BCUT2D eigenvalue weighted by Gasteiger charge is 2.18. The molecule has 0 amide bonds. The monoisotopic (exact) mass is 215 g/mol. The van der Waals surface area contributed by atoms with Gasteiger partial charge in [-0.1, -0.05) is 43.5 Å². The minimum absolute atomic E-state index is 0.699. The van der Waals surface area contributed by atoms with E-state index >= 15 is 0 Å². The molecule has 2 rings (SSSR count). The van der Waals surface area contributed by atoms with Crippen LogP contribution in [0.5, 0.6) is 0 Å². The molecule has 0 spiro atoms. The molecule has 16 heavy (non-hydrogen) atoms. The number of nitrogens with two attached hydrogens (primary N) is 1. The van der Waals surface area contributed by atoms with Crippen molar-refractivity contribution in [3.05, 3.63) is 41.5 Å². The van der Waals surface area contributed by atoms with Crippen molar-refractivity contribution in [2.75, 3.05) is 0 Å². The molecule has 1 aliphatic rings. The summed E-state index contributed by atoms with van der Waals surface area (Å²) in [5.41, 5.74) is 10.5. The highest BCUT2D eigenvalue weighted by atomic mass is 14.6. The summed E-state index contributed by atoms with van der Waals surface area (Å²) in [6.45, 7) is 6.01. The van der Waals surface area contributed by atoms with Gasteiger partial charge in [-0.2, -0.15) is 0 Å². The summed E-state index contributed by atoms with van der Waals surface area (Å²) in [6, 6.07) is 6.61. The number of benzene rings is 1. The first-order valence-electron chi connectivity index (χ1n) is 6.24. The van der Waals surface area contributed by atoms with Gasteiger partial charge in [0.2, 0.25) is 0 Å². The second-order valence-corrected chi connectivity index (χ2v) is 4.95. The molecule has 86 valence electrons. The molecule has 0 atom stereocenters. The van der Waals surface area contributed by atoms with Crippen LogP contribution in [0.4, 0.5) is 0 Å². The van der Waals surface area contributed by atoms with E-state index < -0.39 is 0 Å². The molecule has 1 heteroatoms. The van der Waals surface area contributed by atoms with Gasteiger partial charge >= 0.3 is 0 Å². The molecule has 0 heterocycles. The summed E-state index contributed by atoms with van der Waals surface area (Å²) in [4.78, 5) is 0. The molecule has 0 bridgehead atoms. The average molecular weight is 215 g/mol. The van der Waals surface area contributed by atoms with Crippen LogP contribution in [-0.2, 0) is 0 Å². The van der Waals surface area contributed by atoms with Gasteiger partial charge in [0.25, 0.3) is 0 Å². The third-order valence-electron chi connectivity index (χ3n) is 3.60. The smallest absolute Gasteiger partial charge is 0.0317 e. The summed E-state index contributed by atoms with van der Waals surface area (Å²) in [5, 5.41) is 0. The Bertz CT molecular complexity index is 386. The molecule has 1 aliphatic carbocycles. The van der Waals surface area contributed by atoms with E-state index in [1.807, 2.05) is 0 Å². The zero-order valence-corrected chi connectivity index (χ0v) is 10.1. The quantitative estimate of drug-likeness (QED) is 0.793. The Morgan fingerprint density at radius 2 is 1.94 bits per heavy atom. The maximum Gasteiger partial charge on any atom is 0.0317 e. The molecule has 0 aromatic heterocycles. The van der Waals surface area contributed by atoms with Gasteiger partial charge in [0.05, 0.1) is 0 Å². The Labute approximate surface area is 98.4 Å². The van der Waals surface area contributed by atoms with Gasteiger partial charge in [0, 0.05) is 11.3 Å². The molecule has 1 fully saturated rings. The van der Waals surface area contributed by atoms with Crippen LogP contribution < -0.4 is 5.73 Å². The Hall–Kier alpha value is -1.24. The summed E-state index contributed by atoms with van der Waals surface area (Å²) < 4.78 is 0. The molecule has 1 nitrogen and oxygen atoms in total. The van der Waals surface area contributed by atoms with Crippen LogP contribution in [0, 0.1) is 6.92 Å². The minimum Gasteiger partial charge on any atom is -0.399 e. The van der Waals surface area contributed by atoms with Crippen molar-refractivity contribution in [1.82, 2.24) is 0 Å². The van der Waals surface area contributed by atoms with Gasteiger partial charge in [-0.05, 0) is 37.3 Å². The number of hydrogen-bond donors (Lipinski definition) is 1. The normalized spacial score (nSPS) is 17.3. The van der Waals surface area contributed by atoms with Crippen molar-refractivity contribution in [1.29, 1.82) is 0 Å². The zero-order chi connectivity index (χ0) is 11.5. The van der Waals surface area contributed by atoms with Gasteiger partial charge in [0.15, 0.2) is 0 Å². The molecular weight excluding hydrogens is 194 g/mol. The standard InChI is InChI=1S/C15H21N/c1-11-8-9-14(15(10-11)12(2)16)13-6-4-3-5-7-13/h8-10,13H,2-7,16H2,1H3. The van der Waals surface area contributed by atoms with E-state index in [-0.39, 0.29) is 0 Å². The van der Waals surface area contributed by atoms with E-state index in [1.165, 1.54) is 48.8 Å². The lowest BCUT2D eigenvalue weighted by Gasteiger charge is -2.24. The van der Waals surface area contributed by atoms with Crippen molar-refractivity contribution in [2.24, 2.45) is 5.73 Å². The molecule has 1 aromatic rings. The Balaban J connectivity index is 2.34. The largest absolute Gasteiger partial charge is 0.399 e. The Morgan fingerprint density at radius 1 is 1.25 bits per heavy atom. The first-order chi connectivity index (χ1) is 7.68. The van der Waals surface area contributed by atoms with E-state index in [9.17, 15) is 0 Å². The fourth-order valence-corrected chi connectivity index (χ4v) is 2.72. The second kappa shape index (κ2) is 4.73. The van der Waals surface area contributed by atoms with Gasteiger partial charge in [0.1, 0.15) is 0 Å². The van der Waals surface area contributed by atoms with Crippen LogP contribution in [0.3, 0.4) is 0 Å². The first kappa shape index (κ1) is 11.3. The third-order valence-corrected chi connectivity index (χ3v) is 3.60. The fraction of sp³-hybridized carbons (Fsp3) is 0.467.